The van der Waals surface area contributed by atoms with Crippen LogP contribution in [0.1, 0.15) is 59.9 Å². The predicted molar refractivity (Wildman–Crippen MR) is 140 cm³/mol. The van der Waals surface area contributed by atoms with Crippen molar-refractivity contribution in [3.63, 3.8) is 0 Å². The van der Waals surface area contributed by atoms with Crippen molar-refractivity contribution in [1.29, 1.82) is 0 Å². The maximum Gasteiger partial charge on any atom is 0.303 e. The Morgan fingerprint density at radius 1 is 1.06 bits per heavy atom. The second-order valence-electron chi connectivity index (χ2n) is 10.1. The summed E-state index contributed by atoms with van der Waals surface area (Å²) in [5.41, 5.74) is 5.76. The Bertz CT molecular complexity index is 1260. The van der Waals surface area contributed by atoms with E-state index in [1.165, 1.54) is 22.8 Å². The lowest BCUT2D eigenvalue weighted by atomic mass is 9.74. The molecule has 5 rings (SSSR count). The van der Waals surface area contributed by atoms with Gasteiger partial charge in [0.15, 0.2) is 0 Å². The van der Waals surface area contributed by atoms with Gasteiger partial charge in [-0.15, -0.1) is 0 Å². The van der Waals surface area contributed by atoms with Gasteiger partial charge >= 0.3 is 5.97 Å². The topological polar surface area (TPSA) is 49.8 Å². The molecule has 0 amide bonds. The quantitative estimate of drug-likeness (QED) is 0.393. The van der Waals surface area contributed by atoms with Gasteiger partial charge in [-0.2, -0.15) is 0 Å². The summed E-state index contributed by atoms with van der Waals surface area (Å²) >= 11 is 0. The van der Waals surface area contributed by atoms with Crippen LogP contribution in [0.5, 0.6) is 5.75 Å². The van der Waals surface area contributed by atoms with Crippen molar-refractivity contribution in [2.45, 2.75) is 50.7 Å². The molecule has 1 saturated heterocycles. The smallest absolute Gasteiger partial charge is 0.303 e. The largest absolute Gasteiger partial charge is 0.489 e. The summed E-state index contributed by atoms with van der Waals surface area (Å²) in [6.45, 7) is 5.15. The molecule has 3 aromatic rings. The van der Waals surface area contributed by atoms with Gasteiger partial charge in [0.25, 0.3) is 0 Å². The Morgan fingerprint density at radius 2 is 1.78 bits per heavy atom. The van der Waals surface area contributed by atoms with E-state index in [9.17, 15) is 9.18 Å². The molecule has 1 unspecified atom stereocenters. The summed E-state index contributed by atoms with van der Waals surface area (Å²) in [6.07, 6.45) is 6.90. The Labute approximate surface area is 212 Å². The molecule has 1 aliphatic heterocycles. The fourth-order valence-electron chi connectivity index (χ4n) is 5.52. The van der Waals surface area contributed by atoms with Gasteiger partial charge in [-0.3, -0.25) is 9.69 Å². The number of allylic oxidation sites excluding steroid dienone is 1. The number of aliphatic carboxylic acids is 1. The Kier molecular flexibility index (Phi) is 6.92. The summed E-state index contributed by atoms with van der Waals surface area (Å²) in [5, 5.41) is 8.94. The van der Waals surface area contributed by atoms with Gasteiger partial charge in [-0.1, -0.05) is 73.7 Å². The van der Waals surface area contributed by atoms with Crippen LogP contribution in [0.4, 0.5) is 4.39 Å². The van der Waals surface area contributed by atoms with Crippen LogP contribution < -0.4 is 4.74 Å². The number of carboxylic acids is 1. The Balaban J connectivity index is 1.12. The van der Waals surface area contributed by atoms with Gasteiger partial charge in [-0.25, -0.2) is 4.39 Å². The van der Waals surface area contributed by atoms with E-state index in [0.717, 1.165) is 38.0 Å². The van der Waals surface area contributed by atoms with Crippen molar-refractivity contribution in [1.82, 2.24) is 4.90 Å². The number of fused-ring (bicyclic) bond motifs is 2. The molecule has 1 atom stereocenters. The zero-order chi connectivity index (χ0) is 25.1. The number of benzene rings is 3. The lowest BCUT2D eigenvalue weighted by Gasteiger charge is -2.39. The van der Waals surface area contributed by atoms with Crippen LogP contribution in [0, 0.1) is 5.82 Å². The highest BCUT2D eigenvalue weighted by Crippen LogP contribution is 2.43. The third-order valence-corrected chi connectivity index (χ3v) is 7.65. The SMILES string of the molecule is CC(CC(=O)O)c1ccc(OCc2ccc(CN3CCC4(C=Cc5ccccc54)CC3)cc2)cc1F. The second-order valence-corrected chi connectivity index (χ2v) is 10.1. The molecular formula is C31H32FNO3. The number of carbonyl (C=O) groups is 1. The van der Waals surface area contributed by atoms with Crippen molar-refractivity contribution >= 4 is 12.0 Å². The number of carboxylic acid groups (broad SMARTS) is 1. The molecule has 5 heteroatoms. The van der Waals surface area contributed by atoms with Crippen LogP contribution in [0.2, 0.25) is 0 Å². The van der Waals surface area contributed by atoms with Crippen LogP contribution >= 0.6 is 0 Å². The van der Waals surface area contributed by atoms with Gasteiger partial charge < -0.3 is 9.84 Å². The zero-order valence-electron chi connectivity index (χ0n) is 20.6. The fourth-order valence-corrected chi connectivity index (χ4v) is 5.52. The highest BCUT2D eigenvalue weighted by Gasteiger charge is 2.37. The average molecular weight is 486 g/mol. The molecule has 1 N–H and O–H groups in total. The summed E-state index contributed by atoms with van der Waals surface area (Å²) in [6, 6.07) is 21.8. The van der Waals surface area contributed by atoms with E-state index in [1.54, 1.807) is 19.1 Å². The van der Waals surface area contributed by atoms with Crippen LogP contribution in [0.3, 0.4) is 0 Å². The molecule has 3 aromatic carbocycles. The third-order valence-electron chi connectivity index (χ3n) is 7.65. The first-order valence-corrected chi connectivity index (χ1v) is 12.6. The van der Waals surface area contributed by atoms with Gasteiger partial charge in [0.1, 0.15) is 18.2 Å². The Morgan fingerprint density at radius 3 is 2.50 bits per heavy atom. The third kappa shape index (κ3) is 5.21. The summed E-state index contributed by atoms with van der Waals surface area (Å²) in [5.74, 6) is -1.32. The van der Waals surface area contributed by atoms with Gasteiger partial charge in [0.2, 0.25) is 0 Å². The maximum atomic E-state index is 14.4. The van der Waals surface area contributed by atoms with E-state index in [-0.39, 0.29) is 17.8 Å². The minimum atomic E-state index is -0.938. The van der Waals surface area contributed by atoms with Crippen molar-refractivity contribution in [2.75, 3.05) is 13.1 Å². The predicted octanol–water partition coefficient (Wildman–Crippen LogP) is 6.54. The van der Waals surface area contributed by atoms with Crippen LogP contribution in [0.25, 0.3) is 6.08 Å². The molecule has 1 fully saturated rings. The minimum absolute atomic E-state index is 0.104. The zero-order valence-corrected chi connectivity index (χ0v) is 20.6. The van der Waals surface area contributed by atoms with E-state index in [1.807, 2.05) is 0 Å². The first-order valence-electron chi connectivity index (χ1n) is 12.6. The van der Waals surface area contributed by atoms with Crippen molar-refractivity contribution in [3.8, 4) is 5.75 Å². The van der Waals surface area contributed by atoms with Crippen molar-refractivity contribution in [3.05, 3.63) is 106 Å². The number of hydrogen-bond donors (Lipinski definition) is 1. The second kappa shape index (κ2) is 10.3. The molecule has 36 heavy (non-hydrogen) atoms. The lowest BCUT2D eigenvalue weighted by Crippen LogP contribution is -2.40. The summed E-state index contributed by atoms with van der Waals surface area (Å²) in [7, 11) is 0. The Hall–Kier alpha value is -3.44. The van der Waals surface area contributed by atoms with E-state index < -0.39 is 11.8 Å². The number of hydrogen-bond acceptors (Lipinski definition) is 3. The molecule has 1 heterocycles. The van der Waals surface area contributed by atoms with Crippen molar-refractivity contribution in [2.24, 2.45) is 0 Å². The van der Waals surface area contributed by atoms with E-state index in [2.05, 4.69) is 65.6 Å². The monoisotopic (exact) mass is 485 g/mol. The molecule has 0 bridgehead atoms. The molecule has 1 aliphatic carbocycles. The maximum absolute atomic E-state index is 14.4. The minimum Gasteiger partial charge on any atom is -0.489 e. The lowest BCUT2D eigenvalue weighted by molar-refractivity contribution is -0.137. The number of likely N-dealkylation sites (tertiary alicyclic amines) is 1. The molecule has 0 aromatic heterocycles. The number of halogens is 1. The molecule has 0 radical (unpaired) electrons. The number of rotatable bonds is 8. The van der Waals surface area contributed by atoms with Crippen LogP contribution in [0.15, 0.2) is 72.8 Å². The van der Waals surface area contributed by atoms with E-state index in [4.69, 9.17) is 9.84 Å². The average Bonchev–Trinajstić information content (AvgIpc) is 3.23. The van der Waals surface area contributed by atoms with Crippen LogP contribution in [-0.2, 0) is 23.4 Å². The highest BCUT2D eigenvalue weighted by atomic mass is 19.1. The summed E-state index contributed by atoms with van der Waals surface area (Å²) in [4.78, 5) is 13.4. The van der Waals surface area contributed by atoms with Gasteiger partial charge in [0, 0.05) is 18.0 Å². The van der Waals surface area contributed by atoms with Gasteiger partial charge in [-0.05, 0) is 65.7 Å². The van der Waals surface area contributed by atoms with Crippen molar-refractivity contribution < 1.29 is 19.0 Å². The van der Waals surface area contributed by atoms with Crippen LogP contribution in [-0.4, -0.2) is 29.1 Å². The number of ether oxygens (including phenoxy) is 1. The number of nitrogens with zero attached hydrogens (tertiary/aromatic N) is 1. The highest BCUT2D eigenvalue weighted by molar-refractivity contribution is 5.68. The fraction of sp³-hybridized carbons (Fsp3) is 0.323. The molecule has 1 spiro atoms. The molecular weight excluding hydrogens is 453 g/mol. The van der Waals surface area contributed by atoms with Gasteiger partial charge in [0.05, 0.1) is 6.42 Å². The molecule has 4 nitrogen and oxygen atoms in total. The summed E-state index contributed by atoms with van der Waals surface area (Å²) < 4.78 is 20.2. The first-order chi connectivity index (χ1) is 17.4. The van der Waals surface area contributed by atoms with E-state index >= 15 is 0 Å². The standard InChI is InChI=1S/C31H32FNO3/c1-22(18-30(34)35)27-11-10-26(19-29(27)32)36-21-24-8-6-23(7-9-24)20-33-16-14-31(15-17-33)13-12-25-4-2-3-5-28(25)31/h2-13,19,22H,14-18,20-21H2,1H3,(H,34,35). The van der Waals surface area contributed by atoms with E-state index in [0.29, 0.717) is 17.9 Å². The molecule has 2 aliphatic rings. The normalized spacial score (nSPS) is 17.2. The number of piperidine rings is 1. The first kappa shape index (κ1) is 24.3. The molecule has 0 saturated carbocycles. The molecule has 186 valence electrons.